The largest absolute Gasteiger partial charge is 0.312 e. The molecule has 0 unspecified atom stereocenters. The predicted octanol–water partition coefficient (Wildman–Crippen LogP) is 3.52. The molecule has 1 rings (SSSR count). The van der Waals surface area contributed by atoms with Gasteiger partial charge in [0, 0.05) is 18.3 Å². The predicted molar refractivity (Wildman–Crippen MR) is 73.4 cm³/mol. The topological polar surface area (TPSA) is 20.3 Å². The molecule has 0 atom stereocenters. The number of carbonyl (C=O) groups is 1. The normalized spacial score (nSPS) is 11.1. The van der Waals surface area contributed by atoms with E-state index < -0.39 is 0 Å². The molecule has 0 spiro atoms. The molecular weight excluding hydrogens is 210 g/mol. The van der Waals surface area contributed by atoms with E-state index in [0.29, 0.717) is 5.57 Å². The number of likely N-dealkylation sites (N-methyl/N-ethyl adjacent to an activating group) is 1. The first kappa shape index (κ1) is 13.5. The summed E-state index contributed by atoms with van der Waals surface area (Å²) in [5.74, 6) is -0.0477. The van der Waals surface area contributed by atoms with Crippen LogP contribution in [-0.2, 0) is 10.2 Å². The third-order valence-electron chi connectivity index (χ3n) is 2.79. The Bertz CT molecular complexity index is 423. The van der Waals surface area contributed by atoms with Gasteiger partial charge in [0.15, 0.2) is 0 Å². The van der Waals surface area contributed by atoms with Crippen molar-refractivity contribution in [3.8, 4) is 0 Å². The zero-order chi connectivity index (χ0) is 13.2. The highest BCUT2D eigenvalue weighted by Gasteiger charge is 2.15. The van der Waals surface area contributed by atoms with Crippen molar-refractivity contribution in [2.24, 2.45) is 0 Å². The smallest absolute Gasteiger partial charge is 0.253 e. The minimum Gasteiger partial charge on any atom is -0.312 e. The molecule has 0 saturated heterocycles. The second-order valence-electron chi connectivity index (χ2n) is 5.44. The van der Waals surface area contributed by atoms with Gasteiger partial charge >= 0.3 is 0 Å². The zero-order valence-electron chi connectivity index (χ0n) is 11.4. The van der Waals surface area contributed by atoms with Gasteiger partial charge in [0.05, 0.1) is 0 Å². The molecule has 0 bridgehead atoms. The van der Waals surface area contributed by atoms with Gasteiger partial charge in [0.25, 0.3) is 5.91 Å². The lowest BCUT2D eigenvalue weighted by Crippen LogP contribution is -2.26. The summed E-state index contributed by atoms with van der Waals surface area (Å²) < 4.78 is 0. The highest BCUT2D eigenvalue weighted by atomic mass is 16.2. The second-order valence-corrected chi connectivity index (χ2v) is 5.44. The minimum absolute atomic E-state index is 0.0477. The van der Waals surface area contributed by atoms with Crippen molar-refractivity contribution in [2.75, 3.05) is 11.9 Å². The molecule has 0 radical (unpaired) electrons. The Morgan fingerprint density at radius 1 is 1.18 bits per heavy atom. The van der Waals surface area contributed by atoms with Crippen molar-refractivity contribution in [1.29, 1.82) is 0 Å². The fourth-order valence-electron chi connectivity index (χ4n) is 1.59. The molecule has 0 aliphatic carbocycles. The molecule has 0 N–H and O–H groups in total. The van der Waals surface area contributed by atoms with Crippen LogP contribution in [0.25, 0.3) is 0 Å². The lowest BCUT2D eigenvalue weighted by Gasteiger charge is -2.22. The van der Waals surface area contributed by atoms with E-state index in [0.717, 1.165) is 5.69 Å². The standard InChI is InChI=1S/C15H21NO/c1-11(2)14(17)16(6)13-9-7-12(8-10-13)15(3,4)5/h7-10H,1H2,2-6H3. The molecule has 0 aliphatic heterocycles. The van der Waals surface area contributed by atoms with E-state index in [2.05, 4.69) is 39.5 Å². The lowest BCUT2D eigenvalue weighted by molar-refractivity contribution is -0.114. The average Bonchev–Trinajstić information content (AvgIpc) is 2.26. The Labute approximate surface area is 104 Å². The van der Waals surface area contributed by atoms with Crippen molar-refractivity contribution < 1.29 is 4.79 Å². The van der Waals surface area contributed by atoms with E-state index in [1.807, 2.05) is 12.1 Å². The number of hydrogen-bond acceptors (Lipinski definition) is 1. The summed E-state index contributed by atoms with van der Waals surface area (Å²) in [6.07, 6.45) is 0. The Hall–Kier alpha value is -1.57. The van der Waals surface area contributed by atoms with Crippen molar-refractivity contribution in [3.05, 3.63) is 42.0 Å². The van der Waals surface area contributed by atoms with Gasteiger partial charge < -0.3 is 4.90 Å². The third-order valence-corrected chi connectivity index (χ3v) is 2.79. The van der Waals surface area contributed by atoms with Crippen molar-refractivity contribution in [3.63, 3.8) is 0 Å². The molecule has 1 amide bonds. The molecule has 0 saturated carbocycles. The Balaban J connectivity index is 2.96. The van der Waals surface area contributed by atoms with Crippen LogP contribution in [0.2, 0.25) is 0 Å². The number of anilines is 1. The van der Waals surface area contributed by atoms with Crippen molar-refractivity contribution >= 4 is 11.6 Å². The molecule has 0 aromatic heterocycles. The summed E-state index contributed by atoms with van der Waals surface area (Å²) in [6.45, 7) is 11.9. The molecule has 2 heteroatoms. The summed E-state index contributed by atoms with van der Waals surface area (Å²) in [5.41, 5.74) is 2.84. The molecule has 0 aliphatic rings. The molecule has 92 valence electrons. The van der Waals surface area contributed by atoms with Gasteiger partial charge in [-0.15, -0.1) is 0 Å². The van der Waals surface area contributed by atoms with Crippen LogP contribution in [0.5, 0.6) is 0 Å². The first-order valence-electron chi connectivity index (χ1n) is 5.77. The maximum atomic E-state index is 11.8. The zero-order valence-corrected chi connectivity index (χ0v) is 11.4. The summed E-state index contributed by atoms with van der Waals surface area (Å²) in [7, 11) is 1.77. The number of carbonyl (C=O) groups excluding carboxylic acids is 1. The molecule has 0 heterocycles. The van der Waals surface area contributed by atoms with Gasteiger partial charge in [-0.3, -0.25) is 4.79 Å². The van der Waals surface area contributed by atoms with Gasteiger partial charge in [0.1, 0.15) is 0 Å². The molecule has 0 fully saturated rings. The maximum Gasteiger partial charge on any atom is 0.253 e. The Kier molecular flexibility index (Phi) is 3.76. The van der Waals surface area contributed by atoms with E-state index >= 15 is 0 Å². The number of hydrogen-bond donors (Lipinski definition) is 0. The monoisotopic (exact) mass is 231 g/mol. The number of benzene rings is 1. The fraction of sp³-hybridized carbons (Fsp3) is 0.400. The van der Waals surface area contributed by atoms with E-state index in [-0.39, 0.29) is 11.3 Å². The van der Waals surface area contributed by atoms with Gasteiger partial charge in [-0.1, -0.05) is 39.5 Å². The van der Waals surface area contributed by atoms with Crippen LogP contribution in [0.15, 0.2) is 36.4 Å². The highest BCUT2D eigenvalue weighted by molar-refractivity contribution is 6.04. The van der Waals surface area contributed by atoms with Gasteiger partial charge in [-0.2, -0.15) is 0 Å². The van der Waals surface area contributed by atoms with Crippen LogP contribution in [-0.4, -0.2) is 13.0 Å². The van der Waals surface area contributed by atoms with Crippen LogP contribution in [0, 0.1) is 0 Å². The van der Waals surface area contributed by atoms with E-state index in [1.54, 1.807) is 18.9 Å². The summed E-state index contributed by atoms with van der Waals surface area (Å²) in [6, 6.07) is 8.08. The molecule has 1 aromatic carbocycles. The number of amides is 1. The summed E-state index contributed by atoms with van der Waals surface area (Å²) >= 11 is 0. The van der Waals surface area contributed by atoms with Gasteiger partial charge in [-0.25, -0.2) is 0 Å². The first-order chi connectivity index (χ1) is 7.73. The van der Waals surface area contributed by atoms with Crippen molar-refractivity contribution in [1.82, 2.24) is 0 Å². The van der Waals surface area contributed by atoms with Crippen LogP contribution >= 0.6 is 0 Å². The van der Waals surface area contributed by atoms with Crippen LogP contribution < -0.4 is 4.90 Å². The first-order valence-corrected chi connectivity index (χ1v) is 5.77. The average molecular weight is 231 g/mol. The summed E-state index contributed by atoms with van der Waals surface area (Å²) in [4.78, 5) is 13.4. The van der Waals surface area contributed by atoms with E-state index in [9.17, 15) is 4.79 Å². The van der Waals surface area contributed by atoms with Gasteiger partial charge in [0.2, 0.25) is 0 Å². The molecule has 17 heavy (non-hydrogen) atoms. The molecule has 1 aromatic rings. The number of rotatable bonds is 2. The Morgan fingerprint density at radius 2 is 1.65 bits per heavy atom. The third kappa shape index (κ3) is 3.19. The molecular formula is C15H21NO. The second kappa shape index (κ2) is 4.74. The van der Waals surface area contributed by atoms with E-state index in [1.165, 1.54) is 5.56 Å². The van der Waals surface area contributed by atoms with Crippen LogP contribution in [0.3, 0.4) is 0 Å². The van der Waals surface area contributed by atoms with E-state index in [4.69, 9.17) is 0 Å². The number of nitrogens with zero attached hydrogens (tertiary/aromatic N) is 1. The maximum absolute atomic E-state index is 11.8. The SMILES string of the molecule is C=C(C)C(=O)N(C)c1ccc(C(C)(C)C)cc1. The Morgan fingerprint density at radius 3 is 2.00 bits per heavy atom. The quantitative estimate of drug-likeness (QED) is 0.713. The lowest BCUT2D eigenvalue weighted by atomic mass is 9.87. The van der Waals surface area contributed by atoms with Crippen molar-refractivity contribution in [2.45, 2.75) is 33.1 Å². The minimum atomic E-state index is -0.0477. The molecule has 2 nitrogen and oxygen atoms in total. The highest BCUT2D eigenvalue weighted by Crippen LogP contribution is 2.24. The summed E-state index contributed by atoms with van der Waals surface area (Å²) in [5, 5.41) is 0. The van der Waals surface area contributed by atoms with Gasteiger partial charge in [-0.05, 0) is 30.0 Å². The fourth-order valence-corrected chi connectivity index (χ4v) is 1.59. The van der Waals surface area contributed by atoms with Crippen LogP contribution in [0.4, 0.5) is 5.69 Å². The van der Waals surface area contributed by atoms with Crippen LogP contribution in [0.1, 0.15) is 33.3 Å².